The lowest BCUT2D eigenvalue weighted by Gasteiger charge is -2.10. The number of esters is 1. The zero-order chi connectivity index (χ0) is 22.9. The SMILES string of the molecule is CCCOC(=O)c1ccccc1NC(=O)CSc1nc(-c2ccc(OC)cc2)cc(=O)[nH]1. The predicted octanol–water partition coefficient (Wildman–Crippen LogP) is 3.74. The fourth-order valence-corrected chi connectivity index (χ4v) is 3.45. The van der Waals surface area contributed by atoms with Crippen molar-refractivity contribution in [3.8, 4) is 17.0 Å². The van der Waals surface area contributed by atoms with Gasteiger partial charge in [-0.3, -0.25) is 9.59 Å². The summed E-state index contributed by atoms with van der Waals surface area (Å²) in [7, 11) is 1.58. The number of anilines is 1. The van der Waals surface area contributed by atoms with Crippen molar-refractivity contribution in [3.63, 3.8) is 0 Å². The molecule has 0 radical (unpaired) electrons. The maximum absolute atomic E-state index is 12.5. The highest BCUT2D eigenvalue weighted by Gasteiger charge is 2.15. The number of ether oxygens (including phenoxy) is 2. The van der Waals surface area contributed by atoms with Crippen molar-refractivity contribution in [1.29, 1.82) is 0 Å². The van der Waals surface area contributed by atoms with Crippen LogP contribution in [0.4, 0.5) is 5.69 Å². The number of benzene rings is 2. The Kier molecular flexibility index (Phi) is 8.04. The third kappa shape index (κ3) is 6.21. The van der Waals surface area contributed by atoms with E-state index in [-0.39, 0.29) is 22.8 Å². The number of methoxy groups -OCH3 is 1. The standard InChI is InChI=1S/C23H23N3O5S/c1-3-12-31-22(29)17-6-4-5-7-18(17)24-21(28)14-32-23-25-19(13-20(27)26-23)15-8-10-16(30-2)11-9-15/h4-11,13H,3,12,14H2,1-2H3,(H,24,28)(H,25,26,27). The average molecular weight is 454 g/mol. The first kappa shape index (κ1) is 23.1. The van der Waals surface area contributed by atoms with Gasteiger partial charge in [-0.1, -0.05) is 30.8 Å². The molecule has 3 aromatic rings. The van der Waals surface area contributed by atoms with E-state index in [4.69, 9.17) is 9.47 Å². The summed E-state index contributed by atoms with van der Waals surface area (Å²) in [5.74, 6) is -0.145. The molecule has 1 amide bonds. The van der Waals surface area contributed by atoms with Gasteiger partial charge in [0.25, 0.3) is 5.56 Å². The number of hydrogen-bond acceptors (Lipinski definition) is 7. The average Bonchev–Trinajstić information content (AvgIpc) is 2.81. The number of nitrogens with zero attached hydrogens (tertiary/aromatic N) is 1. The second-order valence-electron chi connectivity index (χ2n) is 6.68. The molecule has 32 heavy (non-hydrogen) atoms. The van der Waals surface area contributed by atoms with Gasteiger partial charge in [-0.15, -0.1) is 0 Å². The zero-order valence-corrected chi connectivity index (χ0v) is 18.5. The highest BCUT2D eigenvalue weighted by atomic mass is 32.2. The topological polar surface area (TPSA) is 110 Å². The van der Waals surface area contributed by atoms with Crippen LogP contribution in [-0.2, 0) is 9.53 Å². The fourth-order valence-electron chi connectivity index (χ4n) is 2.78. The lowest BCUT2D eigenvalue weighted by molar-refractivity contribution is -0.113. The molecule has 9 heteroatoms. The lowest BCUT2D eigenvalue weighted by Crippen LogP contribution is -2.18. The molecule has 0 saturated carbocycles. The molecular weight excluding hydrogens is 430 g/mol. The van der Waals surface area contributed by atoms with Crippen LogP contribution in [0.3, 0.4) is 0 Å². The normalized spacial score (nSPS) is 10.4. The number of amides is 1. The summed E-state index contributed by atoms with van der Waals surface area (Å²) in [5, 5.41) is 3.03. The first-order valence-electron chi connectivity index (χ1n) is 9.94. The fraction of sp³-hybridized carbons (Fsp3) is 0.217. The second kappa shape index (κ2) is 11.1. The molecule has 3 rings (SSSR count). The van der Waals surface area contributed by atoms with Crippen molar-refractivity contribution >= 4 is 29.3 Å². The summed E-state index contributed by atoms with van der Waals surface area (Å²) in [6.07, 6.45) is 0.706. The Morgan fingerprint density at radius 3 is 2.59 bits per heavy atom. The Labute approximate surface area is 189 Å². The van der Waals surface area contributed by atoms with Crippen LogP contribution in [0, 0.1) is 0 Å². The second-order valence-corrected chi connectivity index (χ2v) is 7.65. The Balaban J connectivity index is 1.67. The highest BCUT2D eigenvalue weighted by Crippen LogP contribution is 2.22. The van der Waals surface area contributed by atoms with Crippen LogP contribution < -0.4 is 15.6 Å². The summed E-state index contributed by atoms with van der Waals surface area (Å²) in [6, 6.07) is 15.2. The van der Waals surface area contributed by atoms with Crippen LogP contribution in [-0.4, -0.2) is 41.3 Å². The van der Waals surface area contributed by atoms with E-state index in [9.17, 15) is 14.4 Å². The van der Waals surface area contributed by atoms with Gasteiger partial charge < -0.3 is 19.8 Å². The predicted molar refractivity (Wildman–Crippen MR) is 123 cm³/mol. The molecule has 0 bridgehead atoms. The summed E-state index contributed by atoms with van der Waals surface area (Å²) >= 11 is 1.09. The molecule has 1 aromatic heterocycles. The van der Waals surface area contributed by atoms with Crippen molar-refractivity contribution in [2.45, 2.75) is 18.5 Å². The maximum Gasteiger partial charge on any atom is 0.340 e. The van der Waals surface area contributed by atoms with E-state index in [1.807, 2.05) is 6.92 Å². The number of aromatic amines is 1. The summed E-state index contributed by atoms with van der Waals surface area (Å²) in [6.45, 7) is 2.21. The summed E-state index contributed by atoms with van der Waals surface area (Å²) in [5.41, 5.74) is 1.57. The van der Waals surface area contributed by atoms with Gasteiger partial charge in [-0.2, -0.15) is 0 Å². The molecule has 166 valence electrons. The number of thioether (sulfide) groups is 1. The first-order valence-corrected chi connectivity index (χ1v) is 10.9. The van der Waals surface area contributed by atoms with E-state index in [2.05, 4.69) is 15.3 Å². The molecule has 0 aliphatic carbocycles. The lowest BCUT2D eigenvalue weighted by atomic mass is 10.1. The van der Waals surface area contributed by atoms with E-state index in [1.165, 1.54) is 6.07 Å². The Bertz CT molecular complexity index is 1140. The van der Waals surface area contributed by atoms with Crippen LogP contribution in [0.2, 0.25) is 0 Å². The molecule has 0 aliphatic heterocycles. The van der Waals surface area contributed by atoms with E-state index < -0.39 is 5.97 Å². The van der Waals surface area contributed by atoms with Gasteiger partial charge in [0.1, 0.15) is 5.75 Å². The molecule has 0 fully saturated rings. The van der Waals surface area contributed by atoms with Crippen LogP contribution in [0.15, 0.2) is 64.5 Å². The van der Waals surface area contributed by atoms with Gasteiger partial charge in [-0.05, 0) is 42.8 Å². The Morgan fingerprint density at radius 1 is 1.12 bits per heavy atom. The number of carbonyl (C=O) groups is 2. The molecule has 0 atom stereocenters. The number of nitrogens with one attached hydrogen (secondary N) is 2. The van der Waals surface area contributed by atoms with E-state index in [0.717, 1.165) is 17.3 Å². The number of para-hydroxylation sites is 1. The smallest absolute Gasteiger partial charge is 0.340 e. The molecule has 0 aliphatic rings. The molecule has 0 spiro atoms. The van der Waals surface area contributed by atoms with Crippen LogP contribution in [0.1, 0.15) is 23.7 Å². The van der Waals surface area contributed by atoms with Crippen molar-refractivity contribution in [1.82, 2.24) is 9.97 Å². The maximum atomic E-state index is 12.5. The van der Waals surface area contributed by atoms with Gasteiger partial charge in [0.2, 0.25) is 5.91 Å². The quantitative estimate of drug-likeness (QED) is 0.288. The Hall–Kier alpha value is -3.59. The number of rotatable bonds is 9. The number of aromatic nitrogens is 2. The monoisotopic (exact) mass is 453 g/mol. The minimum absolute atomic E-state index is 0.00660. The largest absolute Gasteiger partial charge is 0.497 e. The van der Waals surface area contributed by atoms with Crippen molar-refractivity contribution < 1.29 is 19.1 Å². The molecule has 1 heterocycles. The van der Waals surface area contributed by atoms with Crippen molar-refractivity contribution in [2.24, 2.45) is 0 Å². The summed E-state index contributed by atoms with van der Waals surface area (Å²) < 4.78 is 10.3. The number of carbonyl (C=O) groups excluding carboxylic acids is 2. The molecule has 0 saturated heterocycles. The van der Waals surface area contributed by atoms with Crippen LogP contribution in [0.25, 0.3) is 11.3 Å². The van der Waals surface area contributed by atoms with Gasteiger partial charge in [0, 0.05) is 11.6 Å². The third-order valence-electron chi connectivity index (χ3n) is 4.30. The Morgan fingerprint density at radius 2 is 1.88 bits per heavy atom. The number of H-pyrrole nitrogens is 1. The molecule has 0 unspecified atom stereocenters. The first-order chi connectivity index (χ1) is 15.5. The van der Waals surface area contributed by atoms with Gasteiger partial charge in [0.15, 0.2) is 5.16 Å². The van der Waals surface area contributed by atoms with Gasteiger partial charge in [0.05, 0.1) is 36.4 Å². The highest BCUT2D eigenvalue weighted by molar-refractivity contribution is 7.99. The molecule has 8 nitrogen and oxygen atoms in total. The van der Waals surface area contributed by atoms with E-state index >= 15 is 0 Å². The molecule has 2 aromatic carbocycles. The molecule has 2 N–H and O–H groups in total. The van der Waals surface area contributed by atoms with Crippen LogP contribution >= 0.6 is 11.8 Å². The minimum atomic E-state index is -0.492. The van der Waals surface area contributed by atoms with E-state index in [0.29, 0.717) is 35.3 Å². The molecular formula is C23H23N3O5S. The van der Waals surface area contributed by atoms with Crippen LogP contribution in [0.5, 0.6) is 5.75 Å². The van der Waals surface area contributed by atoms with Gasteiger partial charge >= 0.3 is 5.97 Å². The van der Waals surface area contributed by atoms with E-state index in [1.54, 1.807) is 55.6 Å². The third-order valence-corrected chi connectivity index (χ3v) is 5.18. The summed E-state index contributed by atoms with van der Waals surface area (Å²) in [4.78, 5) is 43.8. The van der Waals surface area contributed by atoms with Crippen molar-refractivity contribution in [3.05, 3.63) is 70.5 Å². The zero-order valence-electron chi connectivity index (χ0n) is 17.7. The number of hydrogen-bond donors (Lipinski definition) is 2. The van der Waals surface area contributed by atoms with Gasteiger partial charge in [-0.25, -0.2) is 9.78 Å². The van der Waals surface area contributed by atoms with Crippen molar-refractivity contribution in [2.75, 3.05) is 24.8 Å². The minimum Gasteiger partial charge on any atom is -0.497 e.